The lowest BCUT2D eigenvalue weighted by Gasteiger charge is -2.20. The summed E-state index contributed by atoms with van der Waals surface area (Å²) in [6.07, 6.45) is -0.600. The molecule has 1 rings (SSSR count). The van der Waals surface area contributed by atoms with Crippen LogP contribution in [0.15, 0.2) is 24.3 Å². The Bertz CT molecular complexity index is 365. The van der Waals surface area contributed by atoms with Crippen LogP contribution in [0.5, 0.6) is 0 Å². The van der Waals surface area contributed by atoms with E-state index in [1.165, 1.54) is 0 Å². The van der Waals surface area contributed by atoms with Crippen LogP contribution in [0.4, 0.5) is 0 Å². The maximum atomic E-state index is 9.91. The van der Waals surface area contributed by atoms with Crippen molar-refractivity contribution in [3.8, 4) is 6.07 Å². The first-order valence-corrected chi connectivity index (χ1v) is 5.20. The van der Waals surface area contributed by atoms with Crippen LogP contribution in [0, 0.1) is 24.2 Å². The molecule has 0 aliphatic rings. The fraction of sp³-hybridized carbons (Fsp3) is 0.462. The minimum Gasteiger partial charge on any atom is -0.391 e. The van der Waals surface area contributed by atoms with Crippen molar-refractivity contribution in [1.82, 2.24) is 0 Å². The van der Waals surface area contributed by atoms with Gasteiger partial charge in [0, 0.05) is 0 Å². The predicted molar refractivity (Wildman–Crippen MR) is 60.4 cm³/mol. The average molecular weight is 203 g/mol. The van der Waals surface area contributed by atoms with Crippen LogP contribution >= 0.6 is 0 Å². The molecule has 0 heterocycles. The number of aryl methyl sites for hydroxylation is 1. The first-order valence-electron chi connectivity index (χ1n) is 5.20. The van der Waals surface area contributed by atoms with Crippen molar-refractivity contribution in [2.75, 3.05) is 0 Å². The Hall–Kier alpha value is -1.33. The lowest BCUT2D eigenvalue weighted by molar-refractivity contribution is 0.113. The van der Waals surface area contributed by atoms with Crippen molar-refractivity contribution >= 4 is 0 Å². The molecule has 0 fully saturated rings. The highest BCUT2D eigenvalue weighted by atomic mass is 16.3. The Balaban J connectivity index is 2.99. The first kappa shape index (κ1) is 11.7. The summed E-state index contributed by atoms with van der Waals surface area (Å²) in [5.74, 6) is -0.333. The van der Waals surface area contributed by atoms with Crippen LogP contribution < -0.4 is 0 Å². The van der Waals surface area contributed by atoms with Gasteiger partial charge in [0.15, 0.2) is 0 Å². The number of hydrogen-bond donors (Lipinski definition) is 1. The van der Waals surface area contributed by atoms with Crippen molar-refractivity contribution < 1.29 is 5.11 Å². The van der Waals surface area contributed by atoms with Crippen LogP contribution in [-0.4, -0.2) is 11.2 Å². The summed E-state index contributed by atoms with van der Waals surface area (Å²) >= 11 is 0. The summed E-state index contributed by atoms with van der Waals surface area (Å²) in [4.78, 5) is 0. The molecule has 0 saturated carbocycles. The molecule has 0 spiro atoms. The molecular formula is C13H17NO. The number of aliphatic hydroxyl groups excluding tert-OH is 1. The number of rotatable bonds is 3. The Labute approximate surface area is 91.2 Å². The molecular weight excluding hydrogens is 186 g/mol. The van der Waals surface area contributed by atoms with Crippen LogP contribution in [0.1, 0.15) is 30.9 Å². The van der Waals surface area contributed by atoms with E-state index in [0.29, 0.717) is 0 Å². The zero-order valence-corrected chi connectivity index (χ0v) is 9.44. The summed E-state index contributed by atoms with van der Waals surface area (Å²) in [6, 6.07) is 9.93. The number of benzene rings is 1. The zero-order chi connectivity index (χ0) is 11.4. The molecule has 1 N–H and O–H groups in total. The van der Waals surface area contributed by atoms with Gasteiger partial charge in [-0.05, 0) is 18.4 Å². The summed E-state index contributed by atoms with van der Waals surface area (Å²) in [5, 5.41) is 19.0. The molecule has 2 atom stereocenters. The molecule has 0 saturated heterocycles. The van der Waals surface area contributed by atoms with E-state index in [2.05, 4.69) is 6.07 Å². The molecule has 0 aromatic heterocycles. The van der Waals surface area contributed by atoms with Gasteiger partial charge in [0.1, 0.15) is 0 Å². The molecule has 0 bridgehead atoms. The van der Waals surface area contributed by atoms with Gasteiger partial charge in [-0.1, -0.05) is 43.7 Å². The van der Waals surface area contributed by atoms with E-state index in [1.54, 1.807) is 0 Å². The Morgan fingerprint density at radius 2 is 2.00 bits per heavy atom. The third kappa shape index (κ3) is 2.81. The third-order valence-electron chi connectivity index (χ3n) is 2.56. The highest BCUT2D eigenvalue weighted by Gasteiger charge is 2.23. The second-order valence-corrected chi connectivity index (χ2v) is 4.26. The van der Waals surface area contributed by atoms with Crippen molar-refractivity contribution in [3.63, 3.8) is 0 Å². The van der Waals surface area contributed by atoms with Gasteiger partial charge in [0.2, 0.25) is 0 Å². The topological polar surface area (TPSA) is 44.0 Å². The van der Waals surface area contributed by atoms with E-state index < -0.39 is 12.0 Å². The maximum Gasteiger partial charge on any atom is 0.0974 e. The van der Waals surface area contributed by atoms with Gasteiger partial charge in [-0.15, -0.1) is 0 Å². The minimum atomic E-state index is -0.600. The molecule has 2 heteroatoms. The lowest BCUT2D eigenvalue weighted by atomic mass is 9.88. The van der Waals surface area contributed by atoms with Crippen LogP contribution in [-0.2, 0) is 0 Å². The molecule has 0 amide bonds. The van der Waals surface area contributed by atoms with Crippen LogP contribution in [0.3, 0.4) is 0 Å². The summed E-state index contributed by atoms with van der Waals surface area (Å²) in [5.41, 5.74) is 2.02. The quantitative estimate of drug-likeness (QED) is 0.820. The van der Waals surface area contributed by atoms with Crippen LogP contribution in [0.25, 0.3) is 0 Å². The predicted octanol–water partition coefficient (Wildman–Crippen LogP) is 2.62. The summed E-state index contributed by atoms with van der Waals surface area (Å²) in [7, 11) is 0. The van der Waals surface area contributed by atoms with E-state index in [4.69, 9.17) is 5.26 Å². The number of nitriles is 1. The van der Waals surface area contributed by atoms with Gasteiger partial charge in [-0.2, -0.15) is 5.26 Å². The number of aliphatic hydroxyl groups is 1. The second kappa shape index (κ2) is 4.95. The Morgan fingerprint density at radius 3 is 2.47 bits per heavy atom. The second-order valence-electron chi connectivity index (χ2n) is 4.26. The molecule has 1 aromatic carbocycles. The normalized spacial score (nSPS) is 14.7. The molecule has 2 unspecified atom stereocenters. The summed E-state index contributed by atoms with van der Waals surface area (Å²) < 4.78 is 0. The third-order valence-corrected chi connectivity index (χ3v) is 2.56. The van der Waals surface area contributed by atoms with E-state index in [-0.39, 0.29) is 5.92 Å². The SMILES string of the molecule is Cc1cccc(C(C#N)C(O)C(C)C)c1. The van der Waals surface area contributed by atoms with Gasteiger partial charge < -0.3 is 5.11 Å². The molecule has 2 nitrogen and oxygen atoms in total. The Kier molecular flexibility index (Phi) is 3.88. The molecule has 0 radical (unpaired) electrons. The summed E-state index contributed by atoms with van der Waals surface area (Å²) in [6.45, 7) is 5.83. The lowest BCUT2D eigenvalue weighted by Crippen LogP contribution is -2.23. The number of nitrogens with zero attached hydrogens (tertiary/aromatic N) is 1. The largest absolute Gasteiger partial charge is 0.391 e. The van der Waals surface area contributed by atoms with Crippen molar-refractivity contribution in [2.45, 2.75) is 32.8 Å². The van der Waals surface area contributed by atoms with Gasteiger partial charge in [0.05, 0.1) is 18.1 Å². The monoisotopic (exact) mass is 203 g/mol. The molecule has 0 aliphatic heterocycles. The van der Waals surface area contributed by atoms with E-state index >= 15 is 0 Å². The smallest absolute Gasteiger partial charge is 0.0974 e. The standard InChI is InChI=1S/C13H17NO/c1-9(2)13(15)12(8-14)11-6-4-5-10(3)7-11/h4-7,9,12-13,15H,1-3H3. The van der Waals surface area contributed by atoms with Crippen molar-refractivity contribution in [1.29, 1.82) is 5.26 Å². The van der Waals surface area contributed by atoms with Gasteiger partial charge in [-0.25, -0.2) is 0 Å². The fourth-order valence-electron chi connectivity index (χ4n) is 1.60. The Morgan fingerprint density at radius 1 is 1.33 bits per heavy atom. The highest BCUT2D eigenvalue weighted by molar-refractivity contribution is 5.30. The highest BCUT2D eigenvalue weighted by Crippen LogP contribution is 2.24. The van der Waals surface area contributed by atoms with Crippen LogP contribution in [0.2, 0.25) is 0 Å². The molecule has 15 heavy (non-hydrogen) atoms. The molecule has 0 aliphatic carbocycles. The first-order chi connectivity index (χ1) is 7.06. The minimum absolute atomic E-state index is 0.0927. The van der Waals surface area contributed by atoms with E-state index in [1.807, 2.05) is 45.0 Å². The van der Waals surface area contributed by atoms with Crippen molar-refractivity contribution in [3.05, 3.63) is 35.4 Å². The van der Waals surface area contributed by atoms with Crippen molar-refractivity contribution in [2.24, 2.45) is 5.92 Å². The maximum absolute atomic E-state index is 9.91. The molecule has 1 aromatic rings. The van der Waals surface area contributed by atoms with Gasteiger partial charge in [-0.3, -0.25) is 0 Å². The van der Waals surface area contributed by atoms with E-state index in [0.717, 1.165) is 11.1 Å². The zero-order valence-electron chi connectivity index (χ0n) is 9.44. The van der Waals surface area contributed by atoms with E-state index in [9.17, 15) is 5.11 Å². The van der Waals surface area contributed by atoms with Gasteiger partial charge in [0.25, 0.3) is 0 Å². The molecule has 80 valence electrons. The number of hydrogen-bond acceptors (Lipinski definition) is 2. The van der Waals surface area contributed by atoms with Gasteiger partial charge >= 0.3 is 0 Å². The fourth-order valence-corrected chi connectivity index (χ4v) is 1.60. The average Bonchev–Trinajstić information content (AvgIpc) is 2.18.